The molecule has 1 saturated carbocycles. The van der Waals surface area contributed by atoms with E-state index in [0.717, 1.165) is 13.0 Å². The average Bonchev–Trinajstić information content (AvgIpc) is 3.18. The van der Waals surface area contributed by atoms with Crippen molar-refractivity contribution in [3.05, 3.63) is 18.2 Å². The summed E-state index contributed by atoms with van der Waals surface area (Å²) in [6, 6.07) is 4.92. The largest absolute Gasteiger partial charge is 0.399 e. The van der Waals surface area contributed by atoms with Crippen molar-refractivity contribution in [3.63, 3.8) is 0 Å². The van der Waals surface area contributed by atoms with Crippen LogP contribution in [0.5, 0.6) is 0 Å². The highest BCUT2D eigenvalue weighted by atomic mass is 32.2. The molecule has 1 aliphatic carbocycles. The van der Waals surface area contributed by atoms with Gasteiger partial charge < -0.3 is 11.1 Å². The summed E-state index contributed by atoms with van der Waals surface area (Å²) in [6.07, 6.45) is 3.53. The normalized spacial score (nSPS) is 17.2. The molecule has 1 aromatic rings. The molecule has 0 radical (unpaired) electrons. The molecule has 0 atom stereocenters. The Kier molecular flexibility index (Phi) is 3.73. The van der Waals surface area contributed by atoms with Gasteiger partial charge in [0, 0.05) is 12.2 Å². The quantitative estimate of drug-likeness (QED) is 0.695. The van der Waals surface area contributed by atoms with Gasteiger partial charge in [0.15, 0.2) is 0 Å². The molecule has 0 aliphatic heterocycles. The van der Waals surface area contributed by atoms with Gasteiger partial charge in [-0.1, -0.05) is 6.92 Å². The Labute approximate surface area is 114 Å². The molecule has 0 unspecified atom stereocenters. The monoisotopic (exact) mass is 283 g/mol. The first-order valence-corrected chi connectivity index (χ1v) is 7.98. The predicted molar refractivity (Wildman–Crippen MR) is 77.5 cm³/mol. The number of benzene rings is 1. The highest BCUT2D eigenvalue weighted by Gasteiger charge is 2.40. The minimum absolute atomic E-state index is 0.210. The van der Waals surface area contributed by atoms with E-state index in [1.165, 1.54) is 26.0 Å². The van der Waals surface area contributed by atoms with Crippen LogP contribution in [0.4, 0.5) is 11.4 Å². The van der Waals surface area contributed by atoms with Crippen molar-refractivity contribution < 1.29 is 8.42 Å². The van der Waals surface area contributed by atoms with Gasteiger partial charge in [-0.3, -0.25) is 0 Å². The molecule has 0 saturated heterocycles. The molecule has 1 aliphatic rings. The second kappa shape index (κ2) is 5.02. The van der Waals surface area contributed by atoms with Crippen LogP contribution in [0.1, 0.15) is 26.2 Å². The number of anilines is 2. The first kappa shape index (κ1) is 14.1. The molecule has 5 nitrogen and oxygen atoms in total. The topological polar surface area (TPSA) is 84.2 Å². The van der Waals surface area contributed by atoms with Crippen molar-refractivity contribution in [1.82, 2.24) is 4.72 Å². The van der Waals surface area contributed by atoms with Crippen LogP contribution in [-0.4, -0.2) is 22.0 Å². The number of rotatable bonds is 6. The minimum atomic E-state index is -3.50. The fourth-order valence-corrected chi connectivity index (χ4v) is 3.07. The lowest BCUT2D eigenvalue weighted by atomic mass is 10.0. The van der Waals surface area contributed by atoms with Crippen molar-refractivity contribution in [1.29, 1.82) is 0 Å². The van der Waals surface area contributed by atoms with Gasteiger partial charge in [0.2, 0.25) is 10.0 Å². The summed E-state index contributed by atoms with van der Waals surface area (Å²) in [4.78, 5) is 0.210. The number of sulfonamides is 1. The summed E-state index contributed by atoms with van der Waals surface area (Å²) >= 11 is 0. The molecule has 0 heterocycles. The molecule has 0 amide bonds. The van der Waals surface area contributed by atoms with Crippen LogP contribution < -0.4 is 15.8 Å². The third-order valence-corrected chi connectivity index (χ3v) is 5.38. The lowest BCUT2D eigenvalue weighted by molar-refractivity contribution is 0.520. The predicted octanol–water partition coefficient (Wildman–Crippen LogP) is 1.78. The maximum atomic E-state index is 12.0. The van der Waals surface area contributed by atoms with Gasteiger partial charge in [0.1, 0.15) is 4.90 Å². The number of nitrogens with two attached hydrogens (primary N) is 1. The van der Waals surface area contributed by atoms with E-state index >= 15 is 0 Å². The van der Waals surface area contributed by atoms with Crippen LogP contribution in [0, 0.1) is 5.41 Å². The lowest BCUT2D eigenvalue weighted by Crippen LogP contribution is -2.22. The number of hydrogen-bond donors (Lipinski definition) is 3. The maximum absolute atomic E-state index is 12.0. The van der Waals surface area contributed by atoms with Crippen LogP contribution in [0.2, 0.25) is 0 Å². The van der Waals surface area contributed by atoms with E-state index in [2.05, 4.69) is 17.0 Å². The Balaban J connectivity index is 2.25. The minimum Gasteiger partial charge on any atom is -0.399 e. The fraction of sp³-hybridized carbons (Fsp3) is 0.538. The molecule has 1 aromatic carbocycles. The lowest BCUT2D eigenvalue weighted by Gasteiger charge is -2.17. The Morgan fingerprint density at radius 2 is 2.05 bits per heavy atom. The smallest absolute Gasteiger partial charge is 0.242 e. The van der Waals surface area contributed by atoms with E-state index in [0.29, 0.717) is 16.8 Å². The summed E-state index contributed by atoms with van der Waals surface area (Å²) in [5.74, 6) is 0. The van der Waals surface area contributed by atoms with E-state index in [1.54, 1.807) is 12.1 Å². The van der Waals surface area contributed by atoms with E-state index in [9.17, 15) is 8.42 Å². The van der Waals surface area contributed by atoms with Gasteiger partial charge in [0.25, 0.3) is 0 Å². The molecular formula is C13H21N3O2S. The third-order valence-electron chi connectivity index (χ3n) is 3.92. The molecule has 106 valence electrons. The summed E-state index contributed by atoms with van der Waals surface area (Å²) in [7, 11) is -2.10. The molecule has 2 rings (SSSR count). The zero-order valence-electron chi connectivity index (χ0n) is 11.4. The first-order valence-electron chi connectivity index (χ1n) is 6.49. The molecule has 4 N–H and O–H groups in total. The van der Waals surface area contributed by atoms with Crippen LogP contribution >= 0.6 is 0 Å². The van der Waals surface area contributed by atoms with E-state index in [1.807, 2.05) is 0 Å². The van der Waals surface area contributed by atoms with Crippen molar-refractivity contribution >= 4 is 21.4 Å². The highest BCUT2D eigenvalue weighted by Crippen LogP contribution is 2.48. The summed E-state index contributed by atoms with van der Waals surface area (Å²) < 4.78 is 26.3. The molecule has 6 heteroatoms. The first-order chi connectivity index (χ1) is 8.92. The molecule has 1 fully saturated rings. The van der Waals surface area contributed by atoms with Crippen molar-refractivity contribution in [2.24, 2.45) is 5.41 Å². The Hall–Kier alpha value is -1.27. The second-order valence-electron chi connectivity index (χ2n) is 5.17. The standard InChI is InChI=1S/C13H21N3O2S/c1-3-13(6-7-13)9-16-11-5-4-10(14)8-12(11)19(17,18)15-2/h4-5,8,15-16H,3,6-7,9,14H2,1-2H3. The fourth-order valence-electron chi connectivity index (χ4n) is 2.13. The molecular weight excluding hydrogens is 262 g/mol. The Morgan fingerprint density at radius 1 is 1.37 bits per heavy atom. The van der Waals surface area contributed by atoms with Gasteiger partial charge in [-0.05, 0) is 49.9 Å². The van der Waals surface area contributed by atoms with E-state index < -0.39 is 10.0 Å². The summed E-state index contributed by atoms with van der Waals surface area (Å²) in [6.45, 7) is 2.97. The highest BCUT2D eigenvalue weighted by molar-refractivity contribution is 7.89. The Bertz CT molecular complexity index is 565. The molecule has 19 heavy (non-hydrogen) atoms. The van der Waals surface area contributed by atoms with Crippen LogP contribution in [-0.2, 0) is 10.0 Å². The van der Waals surface area contributed by atoms with E-state index in [-0.39, 0.29) is 4.90 Å². The summed E-state index contributed by atoms with van der Waals surface area (Å²) in [5, 5.41) is 3.26. The SMILES string of the molecule is CCC1(CNc2ccc(N)cc2S(=O)(=O)NC)CC1. The van der Waals surface area contributed by atoms with Gasteiger partial charge in [-0.2, -0.15) is 0 Å². The van der Waals surface area contributed by atoms with Gasteiger partial charge in [-0.25, -0.2) is 13.1 Å². The van der Waals surface area contributed by atoms with Crippen LogP contribution in [0.25, 0.3) is 0 Å². The second-order valence-corrected chi connectivity index (χ2v) is 7.03. The van der Waals surface area contributed by atoms with Gasteiger partial charge in [-0.15, -0.1) is 0 Å². The van der Waals surface area contributed by atoms with Gasteiger partial charge >= 0.3 is 0 Å². The molecule has 0 bridgehead atoms. The van der Waals surface area contributed by atoms with E-state index in [4.69, 9.17) is 5.73 Å². The number of hydrogen-bond acceptors (Lipinski definition) is 4. The third kappa shape index (κ3) is 3.01. The number of nitrogens with one attached hydrogen (secondary N) is 2. The van der Waals surface area contributed by atoms with Crippen molar-refractivity contribution in [3.8, 4) is 0 Å². The summed E-state index contributed by atoms with van der Waals surface area (Å²) in [5.41, 5.74) is 7.08. The van der Waals surface area contributed by atoms with Crippen molar-refractivity contribution in [2.45, 2.75) is 31.1 Å². The van der Waals surface area contributed by atoms with Crippen LogP contribution in [0.15, 0.2) is 23.1 Å². The molecule has 0 spiro atoms. The average molecular weight is 283 g/mol. The van der Waals surface area contributed by atoms with Crippen LogP contribution in [0.3, 0.4) is 0 Å². The van der Waals surface area contributed by atoms with Gasteiger partial charge in [0.05, 0.1) is 5.69 Å². The Morgan fingerprint density at radius 3 is 2.58 bits per heavy atom. The maximum Gasteiger partial charge on any atom is 0.242 e. The van der Waals surface area contributed by atoms with Crippen molar-refractivity contribution in [2.75, 3.05) is 24.6 Å². The molecule has 0 aromatic heterocycles. The zero-order valence-corrected chi connectivity index (χ0v) is 12.2. The zero-order chi connectivity index (χ0) is 14.1. The number of nitrogen functional groups attached to an aromatic ring is 1.